The van der Waals surface area contributed by atoms with Crippen molar-refractivity contribution in [3.63, 3.8) is 0 Å². The summed E-state index contributed by atoms with van der Waals surface area (Å²) in [4.78, 5) is 19.4. The number of nitrogens with zero attached hydrogens (tertiary/aromatic N) is 2. The number of hydrogen-bond acceptors (Lipinski definition) is 4. The van der Waals surface area contributed by atoms with Crippen LogP contribution in [0.5, 0.6) is 0 Å². The summed E-state index contributed by atoms with van der Waals surface area (Å²) in [5, 5.41) is 3.08. The quantitative estimate of drug-likeness (QED) is 0.726. The number of carbonyl (C=O) groups excluding carboxylic acids is 1. The predicted octanol–water partition coefficient (Wildman–Crippen LogP) is 4.52. The lowest BCUT2D eigenvalue weighted by atomic mass is 9.87. The summed E-state index contributed by atoms with van der Waals surface area (Å²) >= 11 is 0. The summed E-state index contributed by atoms with van der Waals surface area (Å²) in [7, 11) is 0. The highest BCUT2D eigenvalue weighted by Crippen LogP contribution is 2.28. The van der Waals surface area contributed by atoms with Crippen molar-refractivity contribution in [1.82, 2.24) is 10.3 Å². The molecule has 1 N–H and O–H groups in total. The van der Waals surface area contributed by atoms with Crippen molar-refractivity contribution in [2.24, 2.45) is 0 Å². The van der Waals surface area contributed by atoms with Crippen LogP contribution in [0, 0.1) is 0 Å². The van der Waals surface area contributed by atoms with Gasteiger partial charge in [-0.25, -0.2) is 0 Å². The molecule has 2 heterocycles. The molecule has 0 spiro atoms. The Labute approximate surface area is 165 Å². The van der Waals surface area contributed by atoms with Gasteiger partial charge in [-0.3, -0.25) is 4.79 Å². The van der Waals surface area contributed by atoms with Crippen molar-refractivity contribution in [2.45, 2.75) is 45.1 Å². The monoisotopic (exact) mass is 377 g/mol. The maximum atomic E-state index is 12.6. The minimum absolute atomic E-state index is 0.0372. The SMILES string of the molecule is CC(C)(C)c1ccc(C(=O)NCC2CCCN2c2nc3ccccc3o2)cc1. The maximum Gasteiger partial charge on any atom is 0.298 e. The third-order valence-electron chi connectivity index (χ3n) is 5.42. The number of para-hydroxylation sites is 2. The maximum absolute atomic E-state index is 12.6. The summed E-state index contributed by atoms with van der Waals surface area (Å²) in [6, 6.07) is 16.5. The van der Waals surface area contributed by atoms with E-state index in [1.807, 2.05) is 48.5 Å². The van der Waals surface area contributed by atoms with Crippen molar-refractivity contribution >= 4 is 23.0 Å². The van der Waals surface area contributed by atoms with Gasteiger partial charge < -0.3 is 14.6 Å². The molecule has 1 fully saturated rings. The van der Waals surface area contributed by atoms with Crippen LogP contribution in [-0.4, -0.2) is 30.0 Å². The lowest BCUT2D eigenvalue weighted by Crippen LogP contribution is -2.40. The lowest BCUT2D eigenvalue weighted by Gasteiger charge is -2.23. The molecule has 1 aromatic heterocycles. The van der Waals surface area contributed by atoms with E-state index in [0.717, 1.165) is 30.5 Å². The Morgan fingerprint density at radius 1 is 1.18 bits per heavy atom. The van der Waals surface area contributed by atoms with E-state index in [9.17, 15) is 4.79 Å². The standard InChI is InChI=1S/C23H27N3O2/c1-23(2,3)17-12-10-16(11-13-17)21(27)24-15-18-7-6-14-26(18)22-25-19-8-4-5-9-20(19)28-22/h4-5,8-13,18H,6-7,14-15H2,1-3H3,(H,24,27). The van der Waals surface area contributed by atoms with Crippen molar-refractivity contribution in [1.29, 1.82) is 0 Å². The molecule has 1 aliphatic rings. The highest BCUT2D eigenvalue weighted by molar-refractivity contribution is 5.94. The molecule has 1 saturated heterocycles. The number of oxazole rings is 1. The highest BCUT2D eigenvalue weighted by atomic mass is 16.4. The Morgan fingerprint density at radius 2 is 1.93 bits per heavy atom. The van der Waals surface area contributed by atoms with E-state index in [4.69, 9.17) is 4.42 Å². The van der Waals surface area contributed by atoms with Gasteiger partial charge in [0, 0.05) is 18.7 Å². The van der Waals surface area contributed by atoms with Crippen LogP contribution in [0.25, 0.3) is 11.1 Å². The van der Waals surface area contributed by atoms with Crippen LogP contribution < -0.4 is 10.2 Å². The van der Waals surface area contributed by atoms with E-state index in [1.165, 1.54) is 5.56 Å². The van der Waals surface area contributed by atoms with Gasteiger partial charge >= 0.3 is 0 Å². The fourth-order valence-electron chi connectivity index (χ4n) is 3.72. The molecule has 0 aliphatic carbocycles. The normalized spacial score (nSPS) is 17.2. The van der Waals surface area contributed by atoms with E-state index in [2.05, 4.69) is 36.0 Å². The average molecular weight is 377 g/mol. The van der Waals surface area contributed by atoms with Gasteiger partial charge in [-0.1, -0.05) is 45.0 Å². The van der Waals surface area contributed by atoms with Crippen LogP contribution in [0.1, 0.15) is 49.5 Å². The topological polar surface area (TPSA) is 58.4 Å². The second kappa shape index (κ2) is 7.30. The molecule has 4 rings (SSSR count). The van der Waals surface area contributed by atoms with Crippen molar-refractivity contribution in [2.75, 3.05) is 18.0 Å². The Morgan fingerprint density at radius 3 is 2.64 bits per heavy atom. The van der Waals surface area contributed by atoms with E-state index in [-0.39, 0.29) is 17.4 Å². The van der Waals surface area contributed by atoms with E-state index in [0.29, 0.717) is 18.1 Å². The third-order valence-corrected chi connectivity index (χ3v) is 5.42. The van der Waals surface area contributed by atoms with Gasteiger partial charge in [-0.2, -0.15) is 4.98 Å². The van der Waals surface area contributed by atoms with Crippen molar-refractivity contribution in [3.05, 3.63) is 59.7 Å². The first-order valence-electron chi connectivity index (χ1n) is 9.93. The Kier molecular flexibility index (Phi) is 4.84. The first-order valence-corrected chi connectivity index (χ1v) is 9.93. The van der Waals surface area contributed by atoms with Crippen molar-refractivity contribution < 1.29 is 9.21 Å². The van der Waals surface area contributed by atoms with Gasteiger partial charge in [0.05, 0.1) is 6.04 Å². The molecular weight excluding hydrogens is 350 g/mol. The molecule has 146 valence electrons. The Balaban J connectivity index is 1.41. The second-order valence-electron chi connectivity index (χ2n) is 8.49. The molecule has 0 radical (unpaired) electrons. The summed E-state index contributed by atoms with van der Waals surface area (Å²) < 4.78 is 5.92. The minimum Gasteiger partial charge on any atom is -0.423 e. The predicted molar refractivity (Wildman–Crippen MR) is 112 cm³/mol. The molecule has 5 heteroatoms. The van der Waals surface area contributed by atoms with Crippen LogP contribution in [0.3, 0.4) is 0 Å². The number of fused-ring (bicyclic) bond motifs is 1. The number of carbonyl (C=O) groups is 1. The van der Waals surface area contributed by atoms with Gasteiger partial charge in [-0.15, -0.1) is 0 Å². The fourth-order valence-corrected chi connectivity index (χ4v) is 3.72. The van der Waals surface area contributed by atoms with Crippen LogP contribution in [0.15, 0.2) is 52.9 Å². The number of amides is 1. The average Bonchev–Trinajstić information content (AvgIpc) is 3.31. The Bertz CT molecular complexity index is 936. The number of aromatic nitrogens is 1. The van der Waals surface area contributed by atoms with Crippen LogP contribution >= 0.6 is 0 Å². The number of nitrogens with one attached hydrogen (secondary N) is 1. The van der Waals surface area contributed by atoms with Crippen LogP contribution in [0.2, 0.25) is 0 Å². The molecule has 28 heavy (non-hydrogen) atoms. The molecule has 3 aromatic rings. The molecular formula is C23H27N3O2. The van der Waals surface area contributed by atoms with E-state index in [1.54, 1.807) is 0 Å². The molecule has 2 aromatic carbocycles. The number of anilines is 1. The lowest BCUT2D eigenvalue weighted by molar-refractivity contribution is 0.0951. The van der Waals surface area contributed by atoms with E-state index < -0.39 is 0 Å². The summed E-state index contributed by atoms with van der Waals surface area (Å²) in [6.07, 6.45) is 2.08. The van der Waals surface area contributed by atoms with Crippen LogP contribution in [0.4, 0.5) is 6.01 Å². The van der Waals surface area contributed by atoms with Gasteiger partial charge in [0.25, 0.3) is 11.9 Å². The molecule has 1 atom stereocenters. The molecule has 0 saturated carbocycles. The summed E-state index contributed by atoms with van der Waals surface area (Å²) in [5.41, 5.74) is 3.66. The first kappa shape index (κ1) is 18.5. The van der Waals surface area contributed by atoms with Gasteiger partial charge in [0.15, 0.2) is 5.58 Å². The first-order chi connectivity index (χ1) is 13.4. The zero-order valence-corrected chi connectivity index (χ0v) is 16.7. The summed E-state index contributed by atoms with van der Waals surface area (Å²) in [5.74, 6) is -0.0372. The zero-order chi connectivity index (χ0) is 19.7. The zero-order valence-electron chi connectivity index (χ0n) is 16.7. The molecule has 0 bridgehead atoms. The van der Waals surface area contributed by atoms with E-state index >= 15 is 0 Å². The molecule has 1 aliphatic heterocycles. The number of hydrogen-bond donors (Lipinski definition) is 1. The molecule has 1 unspecified atom stereocenters. The minimum atomic E-state index is -0.0372. The highest BCUT2D eigenvalue weighted by Gasteiger charge is 2.28. The smallest absolute Gasteiger partial charge is 0.298 e. The van der Waals surface area contributed by atoms with Crippen molar-refractivity contribution in [3.8, 4) is 0 Å². The fraction of sp³-hybridized carbons (Fsp3) is 0.391. The second-order valence-corrected chi connectivity index (χ2v) is 8.49. The number of rotatable bonds is 4. The van der Waals surface area contributed by atoms with Crippen LogP contribution in [-0.2, 0) is 5.41 Å². The molecule has 5 nitrogen and oxygen atoms in total. The molecule has 1 amide bonds. The number of benzene rings is 2. The summed E-state index contributed by atoms with van der Waals surface area (Å²) in [6.45, 7) is 7.99. The third kappa shape index (κ3) is 3.75. The van der Waals surface area contributed by atoms with Gasteiger partial charge in [0.2, 0.25) is 0 Å². The van der Waals surface area contributed by atoms with Gasteiger partial charge in [0.1, 0.15) is 5.52 Å². The largest absolute Gasteiger partial charge is 0.423 e. The van der Waals surface area contributed by atoms with Gasteiger partial charge in [-0.05, 0) is 48.1 Å². The Hall–Kier alpha value is -2.82.